The molecule has 0 radical (unpaired) electrons. The van der Waals surface area contributed by atoms with Crippen molar-refractivity contribution >= 4 is 11.9 Å². The molecule has 1 aliphatic heterocycles. The molecule has 1 saturated heterocycles. The summed E-state index contributed by atoms with van der Waals surface area (Å²) < 4.78 is 5.34. The fourth-order valence-corrected chi connectivity index (χ4v) is 2.23. The van der Waals surface area contributed by atoms with Gasteiger partial charge in [0.2, 0.25) is 11.9 Å². The number of ether oxygens (including phenoxy) is 1. The van der Waals surface area contributed by atoms with Crippen LogP contribution in [0.4, 0.5) is 11.9 Å². The summed E-state index contributed by atoms with van der Waals surface area (Å²) in [7, 11) is 0. The van der Waals surface area contributed by atoms with Crippen molar-refractivity contribution in [2.45, 2.75) is 6.92 Å². The third-order valence-corrected chi connectivity index (χ3v) is 3.32. The van der Waals surface area contributed by atoms with Gasteiger partial charge in [-0.15, -0.1) is 0 Å². The Kier molecular flexibility index (Phi) is 3.47. The second-order valence-corrected chi connectivity index (χ2v) is 4.73. The summed E-state index contributed by atoms with van der Waals surface area (Å²) in [6.45, 7) is 4.95. The molecule has 1 fully saturated rings. The van der Waals surface area contributed by atoms with E-state index in [1.165, 1.54) is 0 Å². The molecular formula is C14H17N5O. The van der Waals surface area contributed by atoms with Crippen LogP contribution in [0.5, 0.6) is 0 Å². The zero-order valence-corrected chi connectivity index (χ0v) is 11.4. The first-order chi connectivity index (χ1) is 9.74. The number of nitrogens with zero attached hydrogens (tertiary/aromatic N) is 4. The van der Waals surface area contributed by atoms with Crippen molar-refractivity contribution in [1.82, 2.24) is 15.0 Å². The number of hydrogen-bond acceptors (Lipinski definition) is 6. The molecule has 0 amide bonds. The summed E-state index contributed by atoms with van der Waals surface area (Å²) in [6.07, 6.45) is 0. The van der Waals surface area contributed by atoms with Crippen molar-refractivity contribution in [3.05, 3.63) is 29.8 Å². The molecule has 0 atom stereocenters. The van der Waals surface area contributed by atoms with Crippen molar-refractivity contribution in [1.29, 1.82) is 0 Å². The molecule has 0 saturated carbocycles. The number of benzene rings is 1. The Balaban J connectivity index is 2.00. The quantitative estimate of drug-likeness (QED) is 0.886. The summed E-state index contributed by atoms with van der Waals surface area (Å²) >= 11 is 0. The Bertz CT molecular complexity index is 610. The normalized spacial score (nSPS) is 15.3. The van der Waals surface area contributed by atoms with Crippen LogP contribution < -0.4 is 10.6 Å². The molecule has 1 aromatic carbocycles. The molecule has 0 aliphatic carbocycles. The summed E-state index contributed by atoms with van der Waals surface area (Å²) in [5.74, 6) is 1.50. The highest BCUT2D eigenvalue weighted by Gasteiger charge is 2.16. The van der Waals surface area contributed by atoms with Gasteiger partial charge in [-0.05, 0) is 12.5 Å². The summed E-state index contributed by atoms with van der Waals surface area (Å²) in [6, 6.07) is 7.99. The van der Waals surface area contributed by atoms with Crippen LogP contribution in [0, 0.1) is 6.92 Å². The SMILES string of the molecule is Cc1ccccc1-c1nc(N)nc(N2CCOCC2)n1. The second kappa shape index (κ2) is 5.42. The predicted octanol–water partition coefficient (Wildman–Crippen LogP) is 1.27. The molecule has 3 rings (SSSR count). The van der Waals surface area contributed by atoms with Gasteiger partial charge in [0.25, 0.3) is 0 Å². The maximum absolute atomic E-state index is 5.83. The smallest absolute Gasteiger partial charge is 0.230 e. The third kappa shape index (κ3) is 2.55. The molecule has 2 N–H and O–H groups in total. The van der Waals surface area contributed by atoms with E-state index in [2.05, 4.69) is 19.9 Å². The molecule has 2 heterocycles. The predicted molar refractivity (Wildman–Crippen MR) is 77.4 cm³/mol. The van der Waals surface area contributed by atoms with Gasteiger partial charge >= 0.3 is 0 Å². The Hall–Kier alpha value is -2.21. The second-order valence-electron chi connectivity index (χ2n) is 4.73. The van der Waals surface area contributed by atoms with Crippen molar-refractivity contribution in [3.8, 4) is 11.4 Å². The van der Waals surface area contributed by atoms with Gasteiger partial charge in [-0.2, -0.15) is 15.0 Å². The van der Waals surface area contributed by atoms with Crippen LogP contribution in [0.25, 0.3) is 11.4 Å². The van der Waals surface area contributed by atoms with E-state index in [0.29, 0.717) is 25.0 Å². The minimum atomic E-state index is 0.250. The third-order valence-electron chi connectivity index (χ3n) is 3.32. The van der Waals surface area contributed by atoms with Gasteiger partial charge in [-0.3, -0.25) is 0 Å². The topological polar surface area (TPSA) is 77.2 Å². The van der Waals surface area contributed by atoms with E-state index in [0.717, 1.165) is 24.2 Å². The molecule has 1 aromatic heterocycles. The van der Waals surface area contributed by atoms with Crippen LogP contribution >= 0.6 is 0 Å². The van der Waals surface area contributed by atoms with Crippen LogP contribution in [-0.4, -0.2) is 41.3 Å². The highest BCUT2D eigenvalue weighted by Crippen LogP contribution is 2.22. The van der Waals surface area contributed by atoms with Gasteiger partial charge in [0.15, 0.2) is 5.82 Å². The molecular weight excluding hydrogens is 254 g/mol. The minimum absolute atomic E-state index is 0.250. The van der Waals surface area contributed by atoms with Gasteiger partial charge in [-0.1, -0.05) is 24.3 Å². The first kappa shape index (κ1) is 12.8. The summed E-state index contributed by atoms with van der Waals surface area (Å²) in [5, 5.41) is 0. The molecule has 104 valence electrons. The monoisotopic (exact) mass is 271 g/mol. The molecule has 6 heteroatoms. The lowest BCUT2D eigenvalue weighted by Crippen LogP contribution is -2.37. The number of morpholine rings is 1. The van der Waals surface area contributed by atoms with Crippen molar-refractivity contribution in [2.75, 3.05) is 36.9 Å². The van der Waals surface area contributed by atoms with E-state index in [-0.39, 0.29) is 5.95 Å². The lowest BCUT2D eigenvalue weighted by atomic mass is 10.1. The highest BCUT2D eigenvalue weighted by molar-refractivity contribution is 5.61. The zero-order chi connectivity index (χ0) is 13.9. The molecule has 0 unspecified atom stereocenters. The van der Waals surface area contributed by atoms with Gasteiger partial charge in [0, 0.05) is 18.7 Å². The Morgan fingerprint density at radius 2 is 1.85 bits per heavy atom. The molecule has 2 aromatic rings. The van der Waals surface area contributed by atoms with Crippen molar-refractivity contribution in [2.24, 2.45) is 0 Å². The van der Waals surface area contributed by atoms with E-state index < -0.39 is 0 Å². The lowest BCUT2D eigenvalue weighted by Gasteiger charge is -2.26. The first-order valence-electron chi connectivity index (χ1n) is 6.64. The van der Waals surface area contributed by atoms with Gasteiger partial charge in [0.05, 0.1) is 13.2 Å². The molecule has 0 bridgehead atoms. The maximum atomic E-state index is 5.83. The summed E-state index contributed by atoms with van der Waals surface area (Å²) in [5.41, 5.74) is 7.93. The van der Waals surface area contributed by atoms with E-state index in [4.69, 9.17) is 10.5 Å². The fourth-order valence-electron chi connectivity index (χ4n) is 2.23. The van der Waals surface area contributed by atoms with Crippen LogP contribution in [-0.2, 0) is 4.74 Å². The highest BCUT2D eigenvalue weighted by atomic mass is 16.5. The van der Waals surface area contributed by atoms with Crippen LogP contribution in [0.3, 0.4) is 0 Å². The Morgan fingerprint density at radius 1 is 1.10 bits per heavy atom. The first-order valence-corrected chi connectivity index (χ1v) is 6.64. The average molecular weight is 271 g/mol. The number of aryl methyl sites for hydroxylation is 1. The molecule has 6 nitrogen and oxygen atoms in total. The van der Waals surface area contributed by atoms with Gasteiger partial charge in [0.1, 0.15) is 0 Å². The Morgan fingerprint density at radius 3 is 2.60 bits per heavy atom. The maximum Gasteiger partial charge on any atom is 0.230 e. The van der Waals surface area contributed by atoms with Crippen molar-refractivity contribution in [3.63, 3.8) is 0 Å². The molecule has 20 heavy (non-hydrogen) atoms. The van der Waals surface area contributed by atoms with Crippen LogP contribution in [0.1, 0.15) is 5.56 Å². The van der Waals surface area contributed by atoms with E-state index in [1.54, 1.807) is 0 Å². The molecule has 0 spiro atoms. The minimum Gasteiger partial charge on any atom is -0.378 e. The zero-order valence-electron chi connectivity index (χ0n) is 11.4. The van der Waals surface area contributed by atoms with Crippen LogP contribution in [0.15, 0.2) is 24.3 Å². The largest absolute Gasteiger partial charge is 0.378 e. The number of nitrogen functional groups attached to an aromatic ring is 1. The number of hydrogen-bond donors (Lipinski definition) is 1. The summed E-state index contributed by atoms with van der Waals surface area (Å²) in [4.78, 5) is 15.1. The van der Waals surface area contributed by atoms with E-state index in [1.807, 2.05) is 31.2 Å². The number of anilines is 2. The van der Waals surface area contributed by atoms with Crippen molar-refractivity contribution < 1.29 is 4.74 Å². The lowest BCUT2D eigenvalue weighted by molar-refractivity contribution is 0.122. The van der Waals surface area contributed by atoms with Gasteiger partial charge < -0.3 is 15.4 Å². The average Bonchev–Trinajstić information content (AvgIpc) is 2.48. The fraction of sp³-hybridized carbons (Fsp3) is 0.357. The van der Waals surface area contributed by atoms with E-state index >= 15 is 0 Å². The standard InChI is InChI=1S/C14H17N5O/c1-10-4-2-3-5-11(10)12-16-13(15)18-14(17-12)19-6-8-20-9-7-19/h2-5H,6-9H2,1H3,(H2,15,16,17,18). The molecule has 1 aliphatic rings. The Labute approximate surface area is 117 Å². The number of nitrogens with two attached hydrogens (primary N) is 1. The number of rotatable bonds is 2. The van der Waals surface area contributed by atoms with Crippen LogP contribution in [0.2, 0.25) is 0 Å². The van der Waals surface area contributed by atoms with Gasteiger partial charge in [-0.25, -0.2) is 0 Å². The van der Waals surface area contributed by atoms with E-state index in [9.17, 15) is 0 Å². The number of aromatic nitrogens is 3.